The van der Waals surface area contributed by atoms with Crippen LogP contribution in [-0.2, 0) is 16.0 Å². The maximum atomic E-state index is 12.2. The molecule has 1 saturated heterocycles. The van der Waals surface area contributed by atoms with Gasteiger partial charge in [0, 0.05) is 24.0 Å². The first-order valence-corrected chi connectivity index (χ1v) is 11.8. The van der Waals surface area contributed by atoms with Crippen molar-refractivity contribution in [3.05, 3.63) is 35.2 Å². The van der Waals surface area contributed by atoms with Crippen molar-refractivity contribution in [1.82, 2.24) is 9.88 Å². The van der Waals surface area contributed by atoms with Gasteiger partial charge in [-0.3, -0.25) is 9.59 Å². The Balaban J connectivity index is 1.42. The maximum Gasteiger partial charge on any atom is 0.236 e. The standard InChI is InChI=1S/C21H27N3O2S2/c1-3-16-4-6-17(7-5-16)18-12-28-21(22-18)23-19(25)13-27-14-20(26)24-10-8-15(2)9-11-24/h4-7,12,15H,3,8-11,13-14H2,1-2H3,(H,22,23,25). The van der Waals surface area contributed by atoms with E-state index >= 15 is 0 Å². The number of carbonyl (C=O) groups is 2. The largest absolute Gasteiger partial charge is 0.342 e. The number of hydrogen-bond acceptors (Lipinski definition) is 5. The highest BCUT2D eigenvalue weighted by molar-refractivity contribution is 8.00. The van der Waals surface area contributed by atoms with Crippen LogP contribution in [0.3, 0.4) is 0 Å². The Morgan fingerprint density at radius 3 is 2.61 bits per heavy atom. The number of amides is 2. The molecule has 2 aromatic rings. The maximum absolute atomic E-state index is 12.2. The summed E-state index contributed by atoms with van der Waals surface area (Å²) in [6.07, 6.45) is 3.16. The van der Waals surface area contributed by atoms with Gasteiger partial charge in [-0.25, -0.2) is 4.98 Å². The van der Waals surface area contributed by atoms with E-state index in [4.69, 9.17) is 0 Å². The number of anilines is 1. The van der Waals surface area contributed by atoms with Crippen LogP contribution in [-0.4, -0.2) is 46.3 Å². The van der Waals surface area contributed by atoms with E-state index in [2.05, 4.69) is 48.4 Å². The van der Waals surface area contributed by atoms with E-state index in [0.29, 0.717) is 16.8 Å². The molecule has 1 aromatic heterocycles. The van der Waals surface area contributed by atoms with Gasteiger partial charge in [0.2, 0.25) is 11.8 Å². The molecular weight excluding hydrogens is 390 g/mol. The molecule has 0 unspecified atom stereocenters. The number of aromatic nitrogens is 1. The molecule has 5 nitrogen and oxygen atoms in total. The second kappa shape index (κ2) is 10.1. The number of thiazole rings is 1. The lowest BCUT2D eigenvalue weighted by Crippen LogP contribution is -2.39. The number of nitrogens with zero attached hydrogens (tertiary/aromatic N) is 2. The summed E-state index contributed by atoms with van der Waals surface area (Å²) in [7, 11) is 0. The van der Waals surface area contributed by atoms with Crippen molar-refractivity contribution in [3.8, 4) is 11.3 Å². The van der Waals surface area contributed by atoms with Crippen molar-refractivity contribution >= 4 is 40.0 Å². The van der Waals surface area contributed by atoms with E-state index in [9.17, 15) is 9.59 Å². The Hall–Kier alpha value is -1.86. The van der Waals surface area contributed by atoms with Crippen LogP contribution in [0.25, 0.3) is 11.3 Å². The summed E-state index contributed by atoms with van der Waals surface area (Å²) in [5.74, 6) is 1.34. The highest BCUT2D eigenvalue weighted by Gasteiger charge is 2.20. The summed E-state index contributed by atoms with van der Waals surface area (Å²) in [4.78, 5) is 30.8. The fourth-order valence-electron chi connectivity index (χ4n) is 3.11. The van der Waals surface area contributed by atoms with Crippen LogP contribution >= 0.6 is 23.1 Å². The topological polar surface area (TPSA) is 62.3 Å². The zero-order chi connectivity index (χ0) is 19.9. The quantitative estimate of drug-likeness (QED) is 0.729. The van der Waals surface area contributed by atoms with Gasteiger partial charge in [0.25, 0.3) is 0 Å². The molecule has 0 spiro atoms. The van der Waals surface area contributed by atoms with E-state index in [1.165, 1.54) is 28.7 Å². The van der Waals surface area contributed by atoms with E-state index in [1.807, 2.05) is 10.3 Å². The lowest BCUT2D eigenvalue weighted by Gasteiger charge is -2.30. The van der Waals surface area contributed by atoms with Crippen molar-refractivity contribution in [2.45, 2.75) is 33.1 Å². The summed E-state index contributed by atoms with van der Waals surface area (Å²) in [5.41, 5.74) is 3.20. The number of likely N-dealkylation sites (tertiary alicyclic amines) is 1. The minimum absolute atomic E-state index is 0.118. The monoisotopic (exact) mass is 417 g/mol. The number of piperidine rings is 1. The van der Waals surface area contributed by atoms with Gasteiger partial charge in [0.1, 0.15) is 0 Å². The number of rotatable bonds is 7. The summed E-state index contributed by atoms with van der Waals surface area (Å²) in [5, 5.41) is 5.38. The SMILES string of the molecule is CCc1ccc(-c2csc(NC(=O)CSCC(=O)N3CCC(C)CC3)n2)cc1. The number of benzene rings is 1. The molecule has 1 N–H and O–H groups in total. The summed E-state index contributed by atoms with van der Waals surface area (Å²) >= 11 is 2.78. The van der Waals surface area contributed by atoms with Gasteiger partial charge in [0.15, 0.2) is 5.13 Å². The lowest BCUT2D eigenvalue weighted by atomic mass is 9.99. The fourth-order valence-corrected chi connectivity index (χ4v) is 4.56. The molecule has 1 aliphatic heterocycles. The summed E-state index contributed by atoms with van der Waals surface area (Å²) in [6.45, 7) is 6.04. The van der Waals surface area contributed by atoms with Gasteiger partial charge in [-0.1, -0.05) is 38.1 Å². The van der Waals surface area contributed by atoms with Gasteiger partial charge in [-0.15, -0.1) is 23.1 Å². The van der Waals surface area contributed by atoms with Crippen LogP contribution in [0.1, 0.15) is 32.3 Å². The normalized spacial score (nSPS) is 14.9. The van der Waals surface area contributed by atoms with E-state index in [0.717, 1.165) is 43.6 Å². The van der Waals surface area contributed by atoms with E-state index in [-0.39, 0.29) is 17.6 Å². The third-order valence-electron chi connectivity index (χ3n) is 5.00. The molecule has 1 aromatic carbocycles. The molecule has 0 aliphatic carbocycles. The first-order valence-electron chi connectivity index (χ1n) is 9.75. The summed E-state index contributed by atoms with van der Waals surface area (Å²) < 4.78 is 0. The number of nitrogens with one attached hydrogen (secondary N) is 1. The second-order valence-electron chi connectivity index (χ2n) is 7.19. The fraction of sp³-hybridized carbons (Fsp3) is 0.476. The van der Waals surface area contributed by atoms with E-state index in [1.54, 1.807) is 0 Å². The molecule has 0 saturated carbocycles. The molecule has 7 heteroatoms. The van der Waals surface area contributed by atoms with Crippen molar-refractivity contribution < 1.29 is 9.59 Å². The molecule has 1 aliphatic rings. The third kappa shape index (κ3) is 5.82. The van der Waals surface area contributed by atoms with Crippen LogP contribution in [0.5, 0.6) is 0 Å². The van der Waals surface area contributed by atoms with Crippen LogP contribution in [0, 0.1) is 5.92 Å². The van der Waals surface area contributed by atoms with Crippen LogP contribution in [0.2, 0.25) is 0 Å². The Bertz CT molecular complexity index is 796. The molecule has 150 valence electrons. The highest BCUT2D eigenvalue weighted by atomic mass is 32.2. The van der Waals surface area contributed by atoms with Crippen molar-refractivity contribution in [3.63, 3.8) is 0 Å². The smallest absolute Gasteiger partial charge is 0.236 e. The predicted molar refractivity (Wildman–Crippen MR) is 118 cm³/mol. The average molecular weight is 418 g/mol. The number of hydrogen-bond donors (Lipinski definition) is 1. The van der Waals surface area contributed by atoms with Crippen LogP contribution in [0.15, 0.2) is 29.6 Å². The Morgan fingerprint density at radius 2 is 1.93 bits per heavy atom. The zero-order valence-corrected chi connectivity index (χ0v) is 18.1. The molecule has 1 fully saturated rings. The Labute approximate surface area is 174 Å². The number of aryl methyl sites for hydroxylation is 1. The molecule has 0 atom stereocenters. The Kier molecular flexibility index (Phi) is 7.50. The van der Waals surface area contributed by atoms with Gasteiger partial charge in [-0.2, -0.15) is 0 Å². The average Bonchev–Trinajstić information content (AvgIpc) is 3.17. The molecule has 2 heterocycles. The third-order valence-corrected chi connectivity index (χ3v) is 6.68. The molecule has 3 rings (SSSR count). The van der Waals surface area contributed by atoms with Gasteiger partial charge >= 0.3 is 0 Å². The van der Waals surface area contributed by atoms with Crippen LogP contribution in [0.4, 0.5) is 5.13 Å². The highest BCUT2D eigenvalue weighted by Crippen LogP contribution is 2.25. The Morgan fingerprint density at radius 1 is 1.21 bits per heavy atom. The first-order chi connectivity index (χ1) is 13.5. The minimum atomic E-state index is -0.118. The van der Waals surface area contributed by atoms with Crippen molar-refractivity contribution in [2.24, 2.45) is 5.92 Å². The summed E-state index contributed by atoms with van der Waals surface area (Å²) in [6, 6.07) is 8.32. The predicted octanol–water partition coefficient (Wildman–Crippen LogP) is 4.30. The number of carbonyl (C=O) groups excluding carboxylic acids is 2. The zero-order valence-electron chi connectivity index (χ0n) is 16.4. The molecule has 0 radical (unpaired) electrons. The van der Waals surface area contributed by atoms with Gasteiger partial charge in [0.05, 0.1) is 17.2 Å². The van der Waals surface area contributed by atoms with Crippen molar-refractivity contribution in [1.29, 1.82) is 0 Å². The second-order valence-corrected chi connectivity index (χ2v) is 9.04. The molecule has 0 bridgehead atoms. The number of thioether (sulfide) groups is 1. The molecule has 2 amide bonds. The lowest BCUT2D eigenvalue weighted by molar-refractivity contribution is -0.129. The van der Waals surface area contributed by atoms with Crippen LogP contribution < -0.4 is 5.32 Å². The molecular formula is C21H27N3O2S2. The minimum Gasteiger partial charge on any atom is -0.342 e. The van der Waals surface area contributed by atoms with Crippen molar-refractivity contribution in [2.75, 3.05) is 29.9 Å². The van der Waals surface area contributed by atoms with E-state index < -0.39 is 0 Å². The first kappa shape index (κ1) is 20.9. The van der Waals surface area contributed by atoms with Gasteiger partial charge in [-0.05, 0) is 30.7 Å². The van der Waals surface area contributed by atoms with Gasteiger partial charge < -0.3 is 10.2 Å². The molecule has 28 heavy (non-hydrogen) atoms.